The molecule has 0 unspecified atom stereocenters. The third-order valence-corrected chi connectivity index (χ3v) is 4.34. The van der Waals surface area contributed by atoms with E-state index in [4.69, 9.17) is 5.11 Å². The number of aryl methyl sites for hydroxylation is 2. The third kappa shape index (κ3) is 4.90. The van der Waals surface area contributed by atoms with Crippen molar-refractivity contribution in [2.45, 2.75) is 26.2 Å². The predicted molar refractivity (Wildman–Crippen MR) is 93.1 cm³/mol. The largest absolute Gasteiger partial charge is 0.392 e. The molecule has 0 fully saturated rings. The normalized spacial score (nSPS) is 10.5. The van der Waals surface area contributed by atoms with Crippen LogP contribution in [0.15, 0.2) is 42.5 Å². The van der Waals surface area contributed by atoms with Gasteiger partial charge in [0.05, 0.1) is 12.4 Å². The second kappa shape index (κ2) is 8.01. The average molecular weight is 315 g/mol. The van der Waals surface area contributed by atoms with E-state index in [2.05, 4.69) is 11.4 Å². The summed E-state index contributed by atoms with van der Waals surface area (Å²) in [6.45, 7) is 4.08. The fourth-order valence-electron chi connectivity index (χ4n) is 2.22. The molecule has 0 spiro atoms. The first kappa shape index (κ1) is 16.6. The van der Waals surface area contributed by atoms with Crippen LogP contribution in [0, 0.1) is 13.8 Å². The van der Waals surface area contributed by atoms with Gasteiger partial charge >= 0.3 is 0 Å². The molecule has 22 heavy (non-hydrogen) atoms. The Hall–Kier alpha value is -1.78. The quantitative estimate of drug-likeness (QED) is 0.855. The van der Waals surface area contributed by atoms with Crippen LogP contribution in [0.1, 0.15) is 22.3 Å². The molecule has 2 aromatic carbocycles. The van der Waals surface area contributed by atoms with Crippen LogP contribution in [0.5, 0.6) is 0 Å². The molecule has 3 nitrogen and oxygen atoms in total. The number of amides is 1. The van der Waals surface area contributed by atoms with Crippen LogP contribution in [-0.2, 0) is 17.2 Å². The number of hydrogen-bond donors (Lipinski definition) is 2. The summed E-state index contributed by atoms with van der Waals surface area (Å²) in [5.41, 5.74) is 5.16. The van der Waals surface area contributed by atoms with Gasteiger partial charge in [-0.05, 0) is 36.6 Å². The summed E-state index contributed by atoms with van der Waals surface area (Å²) in [6, 6.07) is 13.8. The Morgan fingerprint density at radius 3 is 2.64 bits per heavy atom. The number of hydrogen-bond acceptors (Lipinski definition) is 3. The highest BCUT2D eigenvalue weighted by Crippen LogP contribution is 2.18. The van der Waals surface area contributed by atoms with Gasteiger partial charge in [-0.2, -0.15) is 0 Å². The van der Waals surface area contributed by atoms with Gasteiger partial charge in [0.15, 0.2) is 0 Å². The summed E-state index contributed by atoms with van der Waals surface area (Å²) in [5, 5.41) is 12.1. The zero-order valence-electron chi connectivity index (χ0n) is 12.9. The molecule has 4 heteroatoms. The maximum atomic E-state index is 12.0. The molecule has 0 aromatic heterocycles. The minimum Gasteiger partial charge on any atom is -0.392 e. The SMILES string of the molecule is Cc1ccc(NC(=O)CSCc2cccc(CO)c2)c(C)c1. The van der Waals surface area contributed by atoms with Crippen molar-refractivity contribution in [1.82, 2.24) is 0 Å². The van der Waals surface area contributed by atoms with E-state index in [0.717, 1.165) is 28.1 Å². The molecule has 0 aliphatic heterocycles. The first-order valence-electron chi connectivity index (χ1n) is 7.22. The third-order valence-electron chi connectivity index (χ3n) is 3.33. The van der Waals surface area contributed by atoms with Crippen molar-refractivity contribution in [2.24, 2.45) is 0 Å². The van der Waals surface area contributed by atoms with E-state index in [1.54, 1.807) is 11.8 Å². The molecular weight excluding hydrogens is 294 g/mol. The highest BCUT2D eigenvalue weighted by Gasteiger charge is 2.05. The van der Waals surface area contributed by atoms with Crippen molar-refractivity contribution < 1.29 is 9.90 Å². The van der Waals surface area contributed by atoms with Crippen LogP contribution in [0.4, 0.5) is 5.69 Å². The van der Waals surface area contributed by atoms with E-state index < -0.39 is 0 Å². The maximum Gasteiger partial charge on any atom is 0.234 e. The standard InChI is InChI=1S/C18H21NO2S/c1-13-6-7-17(14(2)8-13)19-18(21)12-22-11-16-5-3-4-15(9-16)10-20/h3-9,20H,10-12H2,1-2H3,(H,19,21). The highest BCUT2D eigenvalue weighted by molar-refractivity contribution is 7.99. The Morgan fingerprint density at radius 1 is 1.14 bits per heavy atom. The lowest BCUT2D eigenvalue weighted by Gasteiger charge is -2.09. The van der Waals surface area contributed by atoms with E-state index in [9.17, 15) is 4.79 Å². The fraction of sp³-hybridized carbons (Fsp3) is 0.278. The Labute approximate surface area is 135 Å². The molecular formula is C18H21NO2S. The molecule has 0 atom stereocenters. The van der Waals surface area contributed by atoms with Crippen LogP contribution in [0.3, 0.4) is 0 Å². The number of thioether (sulfide) groups is 1. The molecule has 116 valence electrons. The van der Waals surface area contributed by atoms with Gasteiger partial charge in [-0.25, -0.2) is 0 Å². The fourth-order valence-corrected chi connectivity index (χ4v) is 2.99. The van der Waals surface area contributed by atoms with Crippen LogP contribution < -0.4 is 5.32 Å². The summed E-state index contributed by atoms with van der Waals surface area (Å²) in [4.78, 5) is 12.0. The zero-order chi connectivity index (χ0) is 15.9. The second-order valence-corrected chi connectivity index (χ2v) is 6.32. The molecule has 0 saturated carbocycles. The molecule has 0 aliphatic carbocycles. The monoisotopic (exact) mass is 315 g/mol. The van der Waals surface area contributed by atoms with Gasteiger partial charge in [0, 0.05) is 11.4 Å². The molecule has 0 aliphatic rings. The maximum absolute atomic E-state index is 12.0. The number of carbonyl (C=O) groups is 1. The number of nitrogens with one attached hydrogen (secondary N) is 1. The Morgan fingerprint density at radius 2 is 1.91 bits per heavy atom. The molecule has 0 heterocycles. The lowest BCUT2D eigenvalue weighted by molar-refractivity contribution is -0.113. The summed E-state index contributed by atoms with van der Waals surface area (Å²) < 4.78 is 0. The number of benzene rings is 2. The van der Waals surface area contributed by atoms with E-state index >= 15 is 0 Å². The second-order valence-electron chi connectivity index (χ2n) is 5.34. The van der Waals surface area contributed by atoms with Crippen LogP contribution in [-0.4, -0.2) is 16.8 Å². The molecule has 2 aromatic rings. The summed E-state index contributed by atoms with van der Waals surface area (Å²) in [5.74, 6) is 1.18. The van der Waals surface area contributed by atoms with Crippen LogP contribution in [0.2, 0.25) is 0 Å². The molecule has 2 N–H and O–H groups in total. The molecule has 2 rings (SSSR count). The smallest absolute Gasteiger partial charge is 0.234 e. The lowest BCUT2D eigenvalue weighted by atomic mass is 10.1. The minimum absolute atomic E-state index is 0.00951. The van der Waals surface area contributed by atoms with Gasteiger partial charge in [-0.1, -0.05) is 42.0 Å². The molecule has 1 amide bonds. The number of aliphatic hydroxyl groups excluding tert-OH is 1. The Kier molecular flexibility index (Phi) is 6.04. The van der Waals surface area contributed by atoms with Crippen molar-refractivity contribution in [1.29, 1.82) is 0 Å². The first-order chi connectivity index (χ1) is 10.6. The van der Waals surface area contributed by atoms with Crippen molar-refractivity contribution in [3.63, 3.8) is 0 Å². The van der Waals surface area contributed by atoms with Crippen molar-refractivity contribution in [2.75, 3.05) is 11.1 Å². The van der Waals surface area contributed by atoms with Crippen molar-refractivity contribution >= 4 is 23.4 Å². The number of aliphatic hydroxyl groups is 1. The minimum atomic E-state index is 0.00951. The Bertz CT molecular complexity index is 655. The van der Waals surface area contributed by atoms with E-state index in [-0.39, 0.29) is 12.5 Å². The molecule has 0 saturated heterocycles. The molecule has 0 radical (unpaired) electrons. The average Bonchev–Trinajstić information content (AvgIpc) is 2.50. The summed E-state index contributed by atoms with van der Waals surface area (Å²) >= 11 is 1.57. The van der Waals surface area contributed by atoms with Crippen LogP contribution >= 0.6 is 11.8 Å². The van der Waals surface area contributed by atoms with Gasteiger partial charge in [0.1, 0.15) is 0 Å². The van der Waals surface area contributed by atoms with Crippen molar-refractivity contribution in [3.8, 4) is 0 Å². The lowest BCUT2D eigenvalue weighted by Crippen LogP contribution is -2.15. The van der Waals surface area contributed by atoms with Gasteiger partial charge in [0.2, 0.25) is 5.91 Å². The summed E-state index contributed by atoms with van der Waals surface area (Å²) in [6.07, 6.45) is 0. The number of anilines is 1. The van der Waals surface area contributed by atoms with Gasteiger partial charge in [0.25, 0.3) is 0 Å². The van der Waals surface area contributed by atoms with E-state index in [1.165, 1.54) is 5.56 Å². The van der Waals surface area contributed by atoms with Crippen molar-refractivity contribution in [3.05, 3.63) is 64.7 Å². The van der Waals surface area contributed by atoms with Gasteiger partial charge < -0.3 is 10.4 Å². The highest BCUT2D eigenvalue weighted by atomic mass is 32.2. The molecule has 0 bridgehead atoms. The topological polar surface area (TPSA) is 49.3 Å². The number of carbonyl (C=O) groups excluding carboxylic acids is 1. The zero-order valence-corrected chi connectivity index (χ0v) is 13.7. The van der Waals surface area contributed by atoms with E-state index in [0.29, 0.717) is 5.75 Å². The predicted octanol–water partition coefficient (Wildman–Crippen LogP) is 3.67. The van der Waals surface area contributed by atoms with E-state index in [1.807, 2.05) is 50.2 Å². The Balaban J connectivity index is 1.82. The van der Waals surface area contributed by atoms with Gasteiger partial charge in [-0.15, -0.1) is 11.8 Å². The van der Waals surface area contributed by atoms with Crippen LogP contribution in [0.25, 0.3) is 0 Å². The first-order valence-corrected chi connectivity index (χ1v) is 8.37. The summed E-state index contributed by atoms with van der Waals surface area (Å²) in [7, 11) is 0. The number of rotatable bonds is 6. The van der Waals surface area contributed by atoms with Gasteiger partial charge in [-0.3, -0.25) is 4.79 Å².